The van der Waals surface area contributed by atoms with E-state index >= 15 is 0 Å². The van der Waals surface area contributed by atoms with Crippen LogP contribution in [0.1, 0.15) is 33.6 Å². The standard InChI is InChI=1S/C19H29N3O3/c1-19(2,3)25-18(23)22-5-4-15(22)12-24-17-7-16(8-20-9-17)21-10-13-6-14(13)11-21/h7-8,13-15,17H,4-6,9-12H2,1-3H3/t13?,14?,15-,17?/m0/s1. The van der Waals surface area contributed by atoms with Gasteiger partial charge < -0.3 is 19.3 Å². The zero-order valence-corrected chi connectivity index (χ0v) is 15.5. The van der Waals surface area contributed by atoms with Crippen molar-refractivity contribution < 1.29 is 14.3 Å². The molecule has 4 rings (SSSR count). The number of piperidine rings is 1. The van der Waals surface area contributed by atoms with Crippen LogP contribution in [0, 0.1) is 11.8 Å². The van der Waals surface area contributed by atoms with E-state index in [-0.39, 0.29) is 18.2 Å². The van der Waals surface area contributed by atoms with Crippen LogP contribution in [0.2, 0.25) is 0 Å². The van der Waals surface area contributed by atoms with E-state index in [1.54, 1.807) is 4.90 Å². The van der Waals surface area contributed by atoms with Gasteiger partial charge in [0.05, 0.1) is 31.0 Å². The van der Waals surface area contributed by atoms with E-state index in [2.05, 4.69) is 16.0 Å². The zero-order chi connectivity index (χ0) is 17.6. The van der Waals surface area contributed by atoms with Gasteiger partial charge in [-0.05, 0) is 51.5 Å². The number of likely N-dealkylation sites (tertiary alicyclic amines) is 2. The quantitative estimate of drug-likeness (QED) is 0.783. The van der Waals surface area contributed by atoms with Crippen LogP contribution in [0.4, 0.5) is 4.79 Å². The van der Waals surface area contributed by atoms with Gasteiger partial charge in [0.25, 0.3) is 0 Å². The third kappa shape index (κ3) is 3.84. The van der Waals surface area contributed by atoms with Crippen LogP contribution in [-0.4, -0.2) is 72.6 Å². The number of hydrogen-bond donors (Lipinski definition) is 0. The highest BCUT2D eigenvalue weighted by Gasteiger charge is 2.45. The Morgan fingerprint density at radius 2 is 2.08 bits per heavy atom. The summed E-state index contributed by atoms with van der Waals surface area (Å²) in [5, 5.41) is 0. The number of carbonyl (C=O) groups excluding carboxylic acids is 1. The van der Waals surface area contributed by atoms with E-state index in [0.717, 1.165) is 24.8 Å². The number of allylic oxidation sites excluding steroid dienone is 1. The number of amides is 1. The Labute approximate surface area is 149 Å². The summed E-state index contributed by atoms with van der Waals surface area (Å²) >= 11 is 0. The Morgan fingerprint density at radius 3 is 2.72 bits per heavy atom. The van der Waals surface area contributed by atoms with Crippen molar-refractivity contribution in [3.63, 3.8) is 0 Å². The van der Waals surface area contributed by atoms with Crippen molar-refractivity contribution in [1.82, 2.24) is 9.80 Å². The van der Waals surface area contributed by atoms with E-state index in [9.17, 15) is 4.79 Å². The van der Waals surface area contributed by atoms with Crippen molar-refractivity contribution in [2.45, 2.75) is 51.4 Å². The first kappa shape index (κ1) is 16.9. The molecular formula is C19H29N3O3. The molecule has 0 radical (unpaired) electrons. The molecule has 3 unspecified atom stereocenters. The molecule has 0 aromatic rings. The van der Waals surface area contributed by atoms with Gasteiger partial charge >= 0.3 is 6.09 Å². The fourth-order valence-corrected chi connectivity index (χ4v) is 3.84. The average molecular weight is 347 g/mol. The van der Waals surface area contributed by atoms with Crippen LogP contribution in [0.15, 0.2) is 16.8 Å². The molecule has 3 heterocycles. The third-order valence-corrected chi connectivity index (χ3v) is 5.48. The third-order valence-electron chi connectivity index (χ3n) is 5.48. The fraction of sp³-hybridized carbons (Fsp3) is 0.789. The molecule has 25 heavy (non-hydrogen) atoms. The zero-order valence-electron chi connectivity index (χ0n) is 15.5. The van der Waals surface area contributed by atoms with Crippen LogP contribution >= 0.6 is 0 Å². The van der Waals surface area contributed by atoms with Gasteiger partial charge in [-0.3, -0.25) is 4.99 Å². The number of dihydropyridines is 1. The Kier molecular flexibility index (Phi) is 4.26. The SMILES string of the molecule is CC(C)(C)OC(=O)N1CC[C@H]1COC1C=C(N2CC3CC3C2)C=NC1. The van der Waals surface area contributed by atoms with Gasteiger partial charge in [0, 0.05) is 25.8 Å². The van der Waals surface area contributed by atoms with Crippen LogP contribution < -0.4 is 0 Å². The summed E-state index contributed by atoms with van der Waals surface area (Å²) in [5.74, 6) is 1.82. The van der Waals surface area contributed by atoms with E-state index < -0.39 is 5.60 Å². The van der Waals surface area contributed by atoms with Gasteiger partial charge in [-0.1, -0.05) is 0 Å². The summed E-state index contributed by atoms with van der Waals surface area (Å²) < 4.78 is 11.5. The highest BCUT2D eigenvalue weighted by atomic mass is 16.6. The van der Waals surface area contributed by atoms with Gasteiger partial charge in [-0.15, -0.1) is 0 Å². The molecular weight excluding hydrogens is 318 g/mol. The van der Waals surface area contributed by atoms with Crippen molar-refractivity contribution >= 4 is 12.3 Å². The predicted octanol–water partition coefficient (Wildman–Crippen LogP) is 2.30. The molecule has 3 aliphatic heterocycles. The number of ether oxygens (including phenoxy) is 2. The smallest absolute Gasteiger partial charge is 0.410 e. The van der Waals surface area contributed by atoms with Crippen molar-refractivity contribution in [2.75, 3.05) is 32.8 Å². The van der Waals surface area contributed by atoms with E-state index in [1.807, 2.05) is 27.0 Å². The lowest BCUT2D eigenvalue weighted by Gasteiger charge is -2.41. The Balaban J connectivity index is 1.26. The van der Waals surface area contributed by atoms with Crippen LogP contribution in [0.25, 0.3) is 0 Å². The molecule has 3 fully saturated rings. The van der Waals surface area contributed by atoms with E-state index in [0.29, 0.717) is 13.2 Å². The van der Waals surface area contributed by atoms with Gasteiger partial charge in [0.15, 0.2) is 0 Å². The molecule has 138 valence electrons. The molecule has 0 N–H and O–H groups in total. The molecule has 4 atom stereocenters. The maximum absolute atomic E-state index is 12.2. The van der Waals surface area contributed by atoms with Gasteiger partial charge in [-0.2, -0.15) is 0 Å². The molecule has 0 spiro atoms. The van der Waals surface area contributed by atoms with Crippen molar-refractivity contribution in [2.24, 2.45) is 16.8 Å². The molecule has 0 bridgehead atoms. The summed E-state index contributed by atoms with van der Waals surface area (Å²) in [7, 11) is 0. The van der Waals surface area contributed by atoms with E-state index in [4.69, 9.17) is 9.47 Å². The van der Waals surface area contributed by atoms with Crippen LogP contribution in [0.5, 0.6) is 0 Å². The normalized spacial score (nSPS) is 33.6. The summed E-state index contributed by atoms with van der Waals surface area (Å²) in [6, 6.07) is 0.122. The topological polar surface area (TPSA) is 54.4 Å². The summed E-state index contributed by atoms with van der Waals surface area (Å²) in [6.07, 6.45) is 6.35. The van der Waals surface area contributed by atoms with Crippen molar-refractivity contribution in [1.29, 1.82) is 0 Å². The Hall–Kier alpha value is -1.56. The number of fused-ring (bicyclic) bond motifs is 1. The number of hydrogen-bond acceptors (Lipinski definition) is 5. The lowest BCUT2D eigenvalue weighted by atomic mass is 10.1. The molecule has 2 saturated heterocycles. The predicted molar refractivity (Wildman–Crippen MR) is 95.7 cm³/mol. The maximum atomic E-state index is 12.2. The number of rotatable bonds is 4. The Morgan fingerprint density at radius 1 is 1.32 bits per heavy atom. The Bertz CT molecular complexity index is 585. The van der Waals surface area contributed by atoms with Gasteiger partial charge in [0.2, 0.25) is 0 Å². The minimum atomic E-state index is -0.454. The fourth-order valence-electron chi connectivity index (χ4n) is 3.84. The largest absolute Gasteiger partial charge is 0.444 e. The molecule has 4 aliphatic rings. The van der Waals surface area contributed by atoms with E-state index in [1.165, 1.54) is 25.2 Å². The van der Waals surface area contributed by atoms with Crippen molar-refractivity contribution in [3.05, 3.63) is 11.8 Å². The van der Waals surface area contributed by atoms with Crippen molar-refractivity contribution in [3.8, 4) is 0 Å². The lowest BCUT2D eigenvalue weighted by Crippen LogP contribution is -2.55. The molecule has 0 aromatic carbocycles. The first-order valence-corrected chi connectivity index (χ1v) is 9.47. The highest BCUT2D eigenvalue weighted by molar-refractivity contribution is 5.79. The molecule has 1 aliphatic carbocycles. The minimum Gasteiger partial charge on any atom is -0.444 e. The number of nitrogens with zero attached hydrogens (tertiary/aromatic N) is 3. The second kappa shape index (κ2) is 6.31. The number of carbonyl (C=O) groups is 1. The van der Waals surface area contributed by atoms with Gasteiger partial charge in [-0.25, -0.2) is 4.79 Å². The van der Waals surface area contributed by atoms with Crippen LogP contribution in [-0.2, 0) is 9.47 Å². The molecule has 1 amide bonds. The second-order valence-corrected chi connectivity index (χ2v) is 8.73. The number of aliphatic imine (C=N–C) groups is 1. The average Bonchev–Trinajstić information content (AvgIpc) is 3.10. The minimum absolute atomic E-state index is 0.0120. The lowest BCUT2D eigenvalue weighted by molar-refractivity contribution is -0.0357. The van der Waals surface area contributed by atoms with Gasteiger partial charge in [0.1, 0.15) is 5.60 Å². The monoisotopic (exact) mass is 347 g/mol. The summed E-state index contributed by atoms with van der Waals surface area (Å²) in [4.78, 5) is 20.9. The van der Waals surface area contributed by atoms with Crippen LogP contribution in [0.3, 0.4) is 0 Å². The summed E-state index contributed by atoms with van der Waals surface area (Å²) in [5.41, 5.74) is 0.755. The first-order valence-electron chi connectivity index (χ1n) is 9.47. The summed E-state index contributed by atoms with van der Waals surface area (Å²) in [6.45, 7) is 10.00. The highest BCUT2D eigenvalue weighted by Crippen LogP contribution is 2.46. The second-order valence-electron chi connectivity index (χ2n) is 8.73. The maximum Gasteiger partial charge on any atom is 0.410 e. The molecule has 0 aromatic heterocycles. The molecule has 6 nitrogen and oxygen atoms in total. The molecule has 1 saturated carbocycles. The first-order chi connectivity index (χ1) is 11.9. The molecule has 6 heteroatoms.